The summed E-state index contributed by atoms with van der Waals surface area (Å²) < 4.78 is 0. The van der Waals surface area contributed by atoms with Gasteiger partial charge in [0.15, 0.2) is 0 Å². The molecule has 0 fully saturated rings. The predicted octanol–water partition coefficient (Wildman–Crippen LogP) is 2.65. The van der Waals surface area contributed by atoms with Gasteiger partial charge in [0.05, 0.1) is 5.92 Å². The van der Waals surface area contributed by atoms with Crippen molar-refractivity contribution in [1.29, 1.82) is 0 Å². The van der Waals surface area contributed by atoms with Crippen LogP contribution in [0.5, 0.6) is 0 Å². The van der Waals surface area contributed by atoms with Gasteiger partial charge in [-0.1, -0.05) is 39.0 Å². The zero-order valence-corrected chi connectivity index (χ0v) is 10.7. The van der Waals surface area contributed by atoms with Crippen LogP contribution in [-0.4, -0.2) is 73.5 Å². The van der Waals surface area contributed by atoms with E-state index in [4.69, 9.17) is 10.2 Å². The van der Waals surface area contributed by atoms with Gasteiger partial charge in [-0.15, -0.1) is 0 Å². The van der Waals surface area contributed by atoms with E-state index in [0.29, 0.717) is 19.3 Å². The molecule has 0 rings (SSSR count). The van der Waals surface area contributed by atoms with Crippen LogP contribution in [0.25, 0.3) is 0 Å². The second-order valence-corrected chi connectivity index (χ2v) is 4.52. The van der Waals surface area contributed by atoms with Crippen LogP contribution in [0.3, 0.4) is 0 Å². The molecule has 0 radical (unpaired) electrons. The minimum atomic E-state index is -0.806. The quantitative estimate of drug-likeness (QED) is 0.452. The Kier molecular flexibility index (Phi) is 16.2. The third kappa shape index (κ3) is 13.0. The standard InChI is InChI=1S/C13H24O4.K.H/c1-2-3-4-5-8-11(13(16)17)9-6-7-10-12(14)15;;/h11H,2-10H2,1H3,(H,14,15)(H,16,17);;. The van der Waals surface area contributed by atoms with Crippen molar-refractivity contribution in [2.24, 2.45) is 5.92 Å². The summed E-state index contributed by atoms with van der Waals surface area (Å²) in [5, 5.41) is 17.5. The van der Waals surface area contributed by atoms with Crippen molar-refractivity contribution in [3.05, 3.63) is 0 Å². The summed E-state index contributed by atoms with van der Waals surface area (Å²) in [5.41, 5.74) is 0. The van der Waals surface area contributed by atoms with E-state index in [2.05, 4.69) is 6.92 Å². The fraction of sp³-hybridized carbons (Fsp3) is 0.846. The molecule has 0 aliphatic heterocycles. The Morgan fingerprint density at radius 2 is 1.50 bits per heavy atom. The van der Waals surface area contributed by atoms with Gasteiger partial charge in [0, 0.05) is 6.42 Å². The molecule has 0 aromatic rings. The average molecular weight is 284 g/mol. The molecule has 0 aliphatic rings. The van der Waals surface area contributed by atoms with Crippen molar-refractivity contribution in [1.82, 2.24) is 0 Å². The van der Waals surface area contributed by atoms with Gasteiger partial charge in [0.25, 0.3) is 0 Å². The topological polar surface area (TPSA) is 74.6 Å². The molecule has 0 saturated heterocycles. The van der Waals surface area contributed by atoms with Gasteiger partial charge >= 0.3 is 63.3 Å². The number of hydrogen-bond acceptors (Lipinski definition) is 2. The SMILES string of the molecule is CCCCCCC(CCCCC(=O)O)C(=O)O.[KH]. The molecule has 0 saturated carbocycles. The molecule has 0 bridgehead atoms. The Labute approximate surface area is 152 Å². The first-order chi connectivity index (χ1) is 8.07. The molecule has 4 nitrogen and oxygen atoms in total. The van der Waals surface area contributed by atoms with Gasteiger partial charge in [0.2, 0.25) is 0 Å². The van der Waals surface area contributed by atoms with Crippen LogP contribution in [0.2, 0.25) is 0 Å². The fourth-order valence-corrected chi connectivity index (χ4v) is 1.88. The van der Waals surface area contributed by atoms with Crippen LogP contribution in [0.1, 0.15) is 64.7 Å². The van der Waals surface area contributed by atoms with Crippen LogP contribution in [0.4, 0.5) is 0 Å². The molecular weight excluding hydrogens is 259 g/mol. The first-order valence-corrected chi connectivity index (χ1v) is 6.52. The van der Waals surface area contributed by atoms with Gasteiger partial charge in [-0.3, -0.25) is 9.59 Å². The molecule has 0 spiro atoms. The Hall–Kier alpha value is 0.576. The van der Waals surface area contributed by atoms with Crippen LogP contribution in [0.15, 0.2) is 0 Å². The first kappa shape index (κ1) is 20.9. The number of hydrogen-bond donors (Lipinski definition) is 2. The molecule has 1 atom stereocenters. The Morgan fingerprint density at radius 1 is 0.944 bits per heavy atom. The van der Waals surface area contributed by atoms with Crippen LogP contribution < -0.4 is 0 Å². The van der Waals surface area contributed by atoms with Gasteiger partial charge in [0.1, 0.15) is 0 Å². The second kappa shape index (κ2) is 14.0. The Morgan fingerprint density at radius 3 is 1.94 bits per heavy atom. The summed E-state index contributed by atoms with van der Waals surface area (Å²) in [4.78, 5) is 21.3. The second-order valence-electron chi connectivity index (χ2n) is 4.52. The third-order valence-corrected chi connectivity index (χ3v) is 2.95. The van der Waals surface area contributed by atoms with Gasteiger partial charge < -0.3 is 10.2 Å². The van der Waals surface area contributed by atoms with Crippen molar-refractivity contribution in [2.45, 2.75) is 64.7 Å². The predicted molar refractivity (Wildman–Crippen MR) is 73.1 cm³/mol. The van der Waals surface area contributed by atoms with Gasteiger partial charge in [-0.2, -0.15) is 0 Å². The Bertz CT molecular complexity index is 231. The van der Waals surface area contributed by atoms with E-state index in [9.17, 15) is 9.59 Å². The molecular formula is C13H25KO4. The van der Waals surface area contributed by atoms with E-state index in [1.54, 1.807) is 0 Å². The molecule has 0 heterocycles. The van der Waals surface area contributed by atoms with Crippen molar-refractivity contribution in [2.75, 3.05) is 0 Å². The minimum absolute atomic E-state index is 0. The van der Waals surface area contributed by atoms with E-state index in [0.717, 1.165) is 32.1 Å². The Balaban J connectivity index is 0. The summed E-state index contributed by atoms with van der Waals surface area (Å²) in [7, 11) is 0. The number of carboxylic acid groups (broad SMARTS) is 2. The summed E-state index contributed by atoms with van der Waals surface area (Å²) in [5.74, 6) is -1.84. The normalized spacial score (nSPS) is 11.6. The summed E-state index contributed by atoms with van der Waals surface area (Å²) in [6, 6.07) is 0. The molecule has 0 aromatic carbocycles. The van der Waals surface area contributed by atoms with Crippen molar-refractivity contribution >= 4 is 63.3 Å². The summed E-state index contributed by atoms with van der Waals surface area (Å²) in [6.45, 7) is 2.13. The molecule has 0 aromatic heterocycles. The van der Waals surface area contributed by atoms with Crippen LogP contribution in [-0.2, 0) is 9.59 Å². The average Bonchev–Trinajstić information content (AvgIpc) is 2.26. The van der Waals surface area contributed by atoms with E-state index < -0.39 is 11.9 Å². The van der Waals surface area contributed by atoms with Crippen molar-refractivity contribution < 1.29 is 19.8 Å². The van der Waals surface area contributed by atoms with Gasteiger partial charge in [-0.05, 0) is 19.3 Å². The molecule has 0 aliphatic carbocycles. The van der Waals surface area contributed by atoms with Crippen LogP contribution >= 0.6 is 0 Å². The number of unbranched alkanes of at least 4 members (excludes halogenated alkanes) is 4. The maximum atomic E-state index is 11.0. The zero-order valence-electron chi connectivity index (χ0n) is 10.7. The number of rotatable bonds is 11. The molecule has 0 amide bonds. The van der Waals surface area contributed by atoms with Crippen molar-refractivity contribution in [3.8, 4) is 0 Å². The van der Waals surface area contributed by atoms with Crippen molar-refractivity contribution in [3.63, 3.8) is 0 Å². The number of carbonyl (C=O) groups is 2. The van der Waals surface area contributed by atoms with E-state index in [1.165, 1.54) is 0 Å². The summed E-state index contributed by atoms with van der Waals surface area (Å²) in [6.07, 6.45) is 7.10. The monoisotopic (exact) mass is 284 g/mol. The third-order valence-electron chi connectivity index (χ3n) is 2.95. The zero-order chi connectivity index (χ0) is 13.1. The molecule has 1 unspecified atom stereocenters. The van der Waals surface area contributed by atoms with E-state index in [1.807, 2.05) is 0 Å². The number of aliphatic carboxylic acids is 2. The molecule has 18 heavy (non-hydrogen) atoms. The van der Waals surface area contributed by atoms with E-state index >= 15 is 0 Å². The molecule has 102 valence electrons. The van der Waals surface area contributed by atoms with Gasteiger partial charge in [-0.25, -0.2) is 0 Å². The first-order valence-electron chi connectivity index (χ1n) is 6.52. The summed E-state index contributed by atoms with van der Waals surface area (Å²) >= 11 is 0. The molecule has 2 N–H and O–H groups in total. The number of carboxylic acids is 2. The maximum absolute atomic E-state index is 11.0. The fourth-order valence-electron chi connectivity index (χ4n) is 1.88. The van der Waals surface area contributed by atoms with Crippen LogP contribution in [0, 0.1) is 5.92 Å². The van der Waals surface area contributed by atoms with E-state index in [-0.39, 0.29) is 63.7 Å². The molecule has 5 heteroatoms.